The van der Waals surface area contributed by atoms with Gasteiger partial charge in [-0.25, -0.2) is 4.79 Å². The highest BCUT2D eigenvalue weighted by atomic mass is 19.4. The molecular formula is C21H21F6N3O4. The van der Waals surface area contributed by atoms with E-state index in [0.29, 0.717) is 12.1 Å². The minimum Gasteiger partial charge on any atom is -0.475 e. The molecule has 1 aliphatic rings. The summed E-state index contributed by atoms with van der Waals surface area (Å²) in [6, 6.07) is 9.24. The average Bonchev–Trinajstić information content (AvgIpc) is 3.12. The number of alkyl halides is 6. The van der Waals surface area contributed by atoms with Crippen molar-refractivity contribution in [1.29, 1.82) is 0 Å². The molecule has 13 heteroatoms. The first-order chi connectivity index (χ1) is 15.7. The van der Waals surface area contributed by atoms with Crippen LogP contribution >= 0.6 is 0 Å². The molecule has 3 rings (SSSR count). The molecular weight excluding hydrogens is 472 g/mol. The molecule has 0 spiro atoms. The van der Waals surface area contributed by atoms with Gasteiger partial charge in [0.2, 0.25) is 11.8 Å². The Balaban J connectivity index is 0.000000509. The smallest absolute Gasteiger partial charge is 0.475 e. The number of nitrogens with zero attached hydrogens (tertiary/aromatic N) is 1. The Hall–Kier alpha value is -3.35. The number of rotatable bonds is 4. The van der Waals surface area contributed by atoms with Gasteiger partial charge in [-0.2, -0.15) is 26.3 Å². The van der Waals surface area contributed by atoms with E-state index in [0.717, 1.165) is 16.3 Å². The molecule has 1 aliphatic heterocycles. The van der Waals surface area contributed by atoms with Crippen molar-refractivity contribution >= 4 is 34.2 Å². The van der Waals surface area contributed by atoms with Gasteiger partial charge in [0, 0.05) is 12.1 Å². The van der Waals surface area contributed by atoms with Crippen molar-refractivity contribution in [3.05, 3.63) is 42.0 Å². The SMILES string of the molecule is CC[C@H](N)C(=O)N1c2cc3ccccc3cc2CC1C(=O)NCC(F)(F)F.O=C(O)C(F)(F)F. The minimum absolute atomic E-state index is 0.145. The largest absolute Gasteiger partial charge is 0.490 e. The van der Waals surface area contributed by atoms with Crippen LogP contribution in [0.4, 0.5) is 32.0 Å². The topological polar surface area (TPSA) is 113 Å². The number of carbonyl (C=O) groups excluding carboxylic acids is 2. The summed E-state index contributed by atoms with van der Waals surface area (Å²) in [6.07, 6.45) is -9.11. The summed E-state index contributed by atoms with van der Waals surface area (Å²) in [5.41, 5.74) is 7.13. The number of nitrogens with two attached hydrogens (primary N) is 1. The second-order valence-electron chi connectivity index (χ2n) is 7.41. The van der Waals surface area contributed by atoms with Gasteiger partial charge in [0.05, 0.1) is 6.04 Å². The normalized spacial score (nSPS) is 16.4. The maximum absolute atomic E-state index is 12.8. The lowest BCUT2D eigenvalue weighted by Gasteiger charge is -2.27. The quantitative estimate of drug-likeness (QED) is 0.567. The van der Waals surface area contributed by atoms with E-state index < -0.39 is 48.8 Å². The standard InChI is InChI=1S/C19H20F3N3O2.C2HF3O2/c1-2-14(23)18(27)25-15-8-12-6-4-3-5-11(12)7-13(15)9-16(25)17(26)24-10-19(20,21)22;3-2(4,5)1(6)7/h3-8,14,16H,2,9-10,23H2,1H3,(H,24,26);(H,6,7)/t14-,16?;/m0./s1. The highest BCUT2D eigenvalue weighted by Crippen LogP contribution is 2.36. The summed E-state index contributed by atoms with van der Waals surface area (Å²) in [7, 11) is 0. The van der Waals surface area contributed by atoms with Gasteiger partial charge >= 0.3 is 18.3 Å². The first-order valence-corrected chi connectivity index (χ1v) is 9.90. The fourth-order valence-corrected chi connectivity index (χ4v) is 3.27. The number of halogens is 6. The average molecular weight is 493 g/mol. The zero-order valence-electron chi connectivity index (χ0n) is 17.7. The first-order valence-electron chi connectivity index (χ1n) is 9.90. The number of anilines is 1. The van der Waals surface area contributed by atoms with E-state index in [2.05, 4.69) is 0 Å². The van der Waals surface area contributed by atoms with E-state index in [1.165, 1.54) is 4.90 Å². The monoisotopic (exact) mass is 493 g/mol. The summed E-state index contributed by atoms with van der Waals surface area (Å²) < 4.78 is 69.2. The lowest BCUT2D eigenvalue weighted by atomic mass is 10.0. The zero-order valence-corrected chi connectivity index (χ0v) is 17.7. The van der Waals surface area contributed by atoms with E-state index >= 15 is 0 Å². The maximum atomic E-state index is 12.8. The van der Waals surface area contributed by atoms with E-state index in [1.807, 2.05) is 35.6 Å². The van der Waals surface area contributed by atoms with Crippen LogP contribution in [0.1, 0.15) is 18.9 Å². The number of fused-ring (bicyclic) bond motifs is 2. The minimum atomic E-state index is -5.08. The van der Waals surface area contributed by atoms with Gasteiger partial charge in [0.1, 0.15) is 12.6 Å². The summed E-state index contributed by atoms with van der Waals surface area (Å²) >= 11 is 0. The van der Waals surface area contributed by atoms with Gasteiger partial charge in [-0.05, 0) is 34.9 Å². The fraction of sp³-hybridized carbons (Fsp3) is 0.381. The van der Waals surface area contributed by atoms with Crippen LogP contribution in [0.3, 0.4) is 0 Å². The predicted octanol–water partition coefficient (Wildman–Crippen LogP) is 3.15. The van der Waals surface area contributed by atoms with E-state index in [1.54, 1.807) is 13.0 Å². The maximum Gasteiger partial charge on any atom is 0.490 e. The molecule has 0 saturated carbocycles. The van der Waals surface area contributed by atoms with E-state index in [-0.39, 0.29) is 6.42 Å². The van der Waals surface area contributed by atoms with Crippen molar-refractivity contribution in [3.63, 3.8) is 0 Å². The zero-order chi connectivity index (χ0) is 25.8. The summed E-state index contributed by atoms with van der Waals surface area (Å²) in [5, 5.41) is 10.8. The van der Waals surface area contributed by atoms with Crippen molar-refractivity contribution in [3.8, 4) is 0 Å². The van der Waals surface area contributed by atoms with Crippen LogP contribution in [0.2, 0.25) is 0 Å². The first kappa shape index (κ1) is 26.9. The lowest BCUT2D eigenvalue weighted by molar-refractivity contribution is -0.192. The number of amides is 2. The summed E-state index contributed by atoms with van der Waals surface area (Å²) in [5.74, 6) is -4.07. The molecule has 2 amide bonds. The molecule has 0 aromatic heterocycles. The van der Waals surface area contributed by atoms with Crippen LogP contribution in [-0.4, -0.2) is 53.9 Å². The van der Waals surface area contributed by atoms with Crippen LogP contribution < -0.4 is 16.0 Å². The molecule has 4 N–H and O–H groups in total. The molecule has 7 nitrogen and oxygen atoms in total. The second-order valence-corrected chi connectivity index (χ2v) is 7.41. The lowest BCUT2D eigenvalue weighted by Crippen LogP contribution is -2.53. The molecule has 34 heavy (non-hydrogen) atoms. The van der Waals surface area contributed by atoms with Crippen molar-refractivity contribution in [2.24, 2.45) is 5.73 Å². The van der Waals surface area contributed by atoms with Gasteiger partial charge in [-0.15, -0.1) is 0 Å². The third kappa shape index (κ3) is 6.59. The number of carbonyl (C=O) groups is 3. The third-order valence-corrected chi connectivity index (χ3v) is 4.93. The number of carboxylic acids is 1. The van der Waals surface area contributed by atoms with Crippen molar-refractivity contribution in [2.75, 3.05) is 11.4 Å². The van der Waals surface area contributed by atoms with Crippen molar-refractivity contribution < 1.29 is 45.8 Å². The Labute approximate surface area is 189 Å². The fourth-order valence-electron chi connectivity index (χ4n) is 3.27. The van der Waals surface area contributed by atoms with E-state index in [4.69, 9.17) is 15.6 Å². The Kier molecular flexibility index (Phi) is 8.14. The van der Waals surface area contributed by atoms with Gasteiger partial charge < -0.3 is 16.2 Å². The molecule has 0 aliphatic carbocycles. The summed E-state index contributed by atoms with van der Waals surface area (Å²) in [6.45, 7) is 0.293. The highest BCUT2D eigenvalue weighted by Gasteiger charge is 2.41. The Morgan fingerprint density at radius 2 is 1.65 bits per heavy atom. The number of hydrogen-bond donors (Lipinski definition) is 3. The molecule has 0 saturated heterocycles. The highest BCUT2D eigenvalue weighted by molar-refractivity contribution is 6.07. The van der Waals surface area contributed by atoms with Crippen LogP contribution in [0.25, 0.3) is 10.8 Å². The number of hydrogen-bond acceptors (Lipinski definition) is 4. The number of carboxylic acid groups (broad SMARTS) is 1. The number of aliphatic carboxylic acids is 1. The van der Waals surface area contributed by atoms with Crippen LogP contribution in [0.15, 0.2) is 36.4 Å². The Morgan fingerprint density at radius 3 is 2.12 bits per heavy atom. The third-order valence-electron chi connectivity index (χ3n) is 4.93. The number of nitrogens with one attached hydrogen (secondary N) is 1. The molecule has 1 unspecified atom stereocenters. The van der Waals surface area contributed by atoms with Gasteiger partial charge in [-0.1, -0.05) is 31.2 Å². The molecule has 1 heterocycles. The molecule has 0 bridgehead atoms. The molecule has 0 radical (unpaired) electrons. The van der Waals surface area contributed by atoms with Crippen LogP contribution in [0.5, 0.6) is 0 Å². The molecule has 0 fully saturated rings. The molecule has 186 valence electrons. The van der Waals surface area contributed by atoms with Gasteiger partial charge in [-0.3, -0.25) is 14.5 Å². The number of benzene rings is 2. The van der Waals surface area contributed by atoms with Gasteiger partial charge in [0.15, 0.2) is 0 Å². The van der Waals surface area contributed by atoms with Crippen LogP contribution in [0, 0.1) is 0 Å². The van der Waals surface area contributed by atoms with Crippen molar-refractivity contribution in [1.82, 2.24) is 5.32 Å². The molecule has 2 aromatic rings. The Morgan fingerprint density at radius 1 is 1.12 bits per heavy atom. The Bertz CT molecular complexity index is 1070. The van der Waals surface area contributed by atoms with E-state index in [9.17, 15) is 35.9 Å². The van der Waals surface area contributed by atoms with Gasteiger partial charge in [0.25, 0.3) is 0 Å². The molecule has 2 aromatic carbocycles. The second kappa shape index (κ2) is 10.3. The van der Waals surface area contributed by atoms with Crippen molar-refractivity contribution in [2.45, 2.75) is 44.2 Å². The molecule has 2 atom stereocenters. The van der Waals surface area contributed by atoms with Crippen LogP contribution in [-0.2, 0) is 20.8 Å². The summed E-state index contributed by atoms with van der Waals surface area (Å²) in [4.78, 5) is 35.4. The predicted molar refractivity (Wildman–Crippen MR) is 110 cm³/mol.